The first-order valence-corrected chi connectivity index (χ1v) is 7.47. The zero-order valence-electron chi connectivity index (χ0n) is 12.1. The van der Waals surface area contributed by atoms with E-state index in [-0.39, 0.29) is 35.5 Å². The van der Waals surface area contributed by atoms with Crippen LogP contribution < -0.4 is 4.90 Å². The molecule has 5 nitrogen and oxygen atoms in total. The number of anilines is 1. The molecule has 4 rings (SSSR count). The number of rotatable bonds is 2. The number of nitrogens with zero attached hydrogens (tertiary/aromatic N) is 2. The number of benzene rings is 1. The summed E-state index contributed by atoms with van der Waals surface area (Å²) in [5, 5.41) is 11.9. The van der Waals surface area contributed by atoms with Crippen LogP contribution in [0.2, 0.25) is 0 Å². The van der Waals surface area contributed by atoms with Gasteiger partial charge in [-0.3, -0.25) is 14.5 Å². The largest absolute Gasteiger partial charge is 0.411 e. The lowest BCUT2D eigenvalue weighted by molar-refractivity contribution is -0.123. The molecule has 0 unspecified atom stereocenters. The van der Waals surface area contributed by atoms with E-state index in [1.165, 1.54) is 4.90 Å². The van der Waals surface area contributed by atoms with E-state index in [4.69, 9.17) is 5.21 Å². The molecule has 1 aromatic rings. The van der Waals surface area contributed by atoms with Crippen LogP contribution >= 0.6 is 0 Å². The standard InChI is InChI=1S/C17H16N2O3/c1-9(18-22)10-4-6-13(7-5-10)19-16(20)14-11-2-3-12(8-11)15(14)17(19)21/h2-7,11-12,14-15,22H,8H2,1H3/b18-9+/t11-,12-,14+,15+/m1/s1. The molecule has 4 atom stereocenters. The number of hydrogen-bond donors (Lipinski definition) is 1. The van der Waals surface area contributed by atoms with E-state index in [0.717, 1.165) is 12.0 Å². The Labute approximate surface area is 127 Å². The molecule has 1 aromatic carbocycles. The highest BCUT2D eigenvalue weighted by Crippen LogP contribution is 2.53. The van der Waals surface area contributed by atoms with Gasteiger partial charge in [0.1, 0.15) is 0 Å². The van der Waals surface area contributed by atoms with Gasteiger partial charge in [-0.05, 0) is 42.9 Å². The normalized spacial score (nSPS) is 33.0. The van der Waals surface area contributed by atoms with Gasteiger partial charge in [0, 0.05) is 0 Å². The SMILES string of the molecule is C/C(=N\O)c1ccc(N2C(=O)[C@@H]3[C@@H](C2=O)[C@@H]2C=C[C@@H]3C2)cc1. The summed E-state index contributed by atoms with van der Waals surface area (Å²) in [4.78, 5) is 26.7. The highest BCUT2D eigenvalue weighted by atomic mass is 16.4. The van der Waals surface area contributed by atoms with Crippen LogP contribution in [-0.2, 0) is 9.59 Å². The molecule has 2 amide bonds. The van der Waals surface area contributed by atoms with E-state index in [0.29, 0.717) is 11.4 Å². The summed E-state index contributed by atoms with van der Waals surface area (Å²) < 4.78 is 0. The number of oxime groups is 1. The summed E-state index contributed by atoms with van der Waals surface area (Å²) in [6.07, 6.45) is 5.11. The van der Waals surface area contributed by atoms with Gasteiger partial charge in [0.05, 0.1) is 23.2 Å². The van der Waals surface area contributed by atoms with Gasteiger partial charge in [-0.15, -0.1) is 0 Å². The van der Waals surface area contributed by atoms with Crippen molar-refractivity contribution in [2.75, 3.05) is 4.90 Å². The maximum absolute atomic E-state index is 12.7. The van der Waals surface area contributed by atoms with Gasteiger partial charge in [0.25, 0.3) is 0 Å². The molecule has 0 radical (unpaired) electrons. The zero-order valence-corrected chi connectivity index (χ0v) is 12.1. The van der Waals surface area contributed by atoms with Crippen molar-refractivity contribution < 1.29 is 14.8 Å². The van der Waals surface area contributed by atoms with Crippen molar-refractivity contribution in [2.24, 2.45) is 28.8 Å². The summed E-state index contributed by atoms with van der Waals surface area (Å²) in [6, 6.07) is 6.98. The minimum absolute atomic E-state index is 0.0767. The van der Waals surface area contributed by atoms with Gasteiger partial charge < -0.3 is 5.21 Å². The van der Waals surface area contributed by atoms with Crippen LogP contribution in [-0.4, -0.2) is 22.7 Å². The third kappa shape index (κ3) is 1.62. The lowest BCUT2D eigenvalue weighted by atomic mass is 9.85. The Bertz CT molecular complexity index is 690. The Morgan fingerprint density at radius 1 is 1.09 bits per heavy atom. The molecule has 1 saturated heterocycles. The Morgan fingerprint density at radius 2 is 1.64 bits per heavy atom. The molecule has 1 N–H and O–H groups in total. The molecule has 2 aliphatic carbocycles. The minimum atomic E-state index is -0.178. The summed E-state index contributed by atoms with van der Waals surface area (Å²) in [6.45, 7) is 1.69. The Morgan fingerprint density at radius 3 is 2.14 bits per heavy atom. The van der Waals surface area contributed by atoms with Gasteiger partial charge in [-0.25, -0.2) is 0 Å². The molecule has 5 heteroatoms. The lowest BCUT2D eigenvalue weighted by Gasteiger charge is -2.17. The molecule has 2 bridgehead atoms. The highest BCUT2D eigenvalue weighted by molar-refractivity contribution is 6.22. The first kappa shape index (κ1) is 13.2. The van der Waals surface area contributed by atoms with Crippen LogP contribution in [0, 0.1) is 23.7 Å². The summed E-state index contributed by atoms with van der Waals surface area (Å²) in [5.74, 6) is -0.0656. The fourth-order valence-electron chi connectivity index (χ4n) is 4.07. The molecule has 1 saturated carbocycles. The lowest BCUT2D eigenvalue weighted by Crippen LogP contribution is -2.32. The minimum Gasteiger partial charge on any atom is -0.411 e. The number of carbonyl (C=O) groups is 2. The van der Waals surface area contributed by atoms with Crippen molar-refractivity contribution in [1.29, 1.82) is 0 Å². The van der Waals surface area contributed by atoms with E-state index in [1.54, 1.807) is 31.2 Å². The summed E-state index contributed by atoms with van der Waals surface area (Å²) >= 11 is 0. The van der Waals surface area contributed by atoms with E-state index in [2.05, 4.69) is 17.3 Å². The second-order valence-corrected chi connectivity index (χ2v) is 6.24. The fourth-order valence-corrected chi connectivity index (χ4v) is 4.07. The van der Waals surface area contributed by atoms with Gasteiger partial charge in [-0.2, -0.15) is 0 Å². The number of carbonyl (C=O) groups excluding carboxylic acids is 2. The predicted octanol–water partition coefficient (Wildman–Crippen LogP) is 2.20. The van der Waals surface area contributed by atoms with E-state index >= 15 is 0 Å². The molecule has 1 heterocycles. The second kappa shape index (κ2) is 4.53. The Hall–Kier alpha value is -2.43. The van der Waals surface area contributed by atoms with Gasteiger partial charge in [0.15, 0.2) is 0 Å². The quantitative estimate of drug-likeness (QED) is 0.299. The molecule has 0 spiro atoms. The maximum Gasteiger partial charge on any atom is 0.238 e. The summed E-state index contributed by atoms with van der Waals surface area (Å²) in [7, 11) is 0. The fraction of sp³-hybridized carbons (Fsp3) is 0.353. The van der Waals surface area contributed by atoms with Crippen molar-refractivity contribution in [3.8, 4) is 0 Å². The topological polar surface area (TPSA) is 70.0 Å². The molecule has 22 heavy (non-hydrogen) atoms. The van der Waals surface area contributed by atoms with Gasteiger partial charge in [-0.1, -0.05) is 29.4 Å². The zero-order chi connectivity index (χ0) is 15.4. The molecule has 3 aliphatic rings. The number of imide groups is 1. The molecule has 0 aromatic heterocycles. The van der Waals surface area contributed by atoms with Crippen molar-refractivity contribution in [1.82, 2.24) is 0 Å². The van der Waals surface area contributed by atoms with Crippen LogP contribution in [0.1, 0.15) is 18.9 Å². The smallest absolute Gasteiger partial charge is 0.238 e. The average Bonchev–Trinajstić information content (AvgIpc) is 3.21. The number of allylic oxidation sites excluding steroid dienone is 2. The van der Waals surface area contributed by atoms with Crippen molar-refractivity contribution in [3.05, 3.63) is 42.0 Å². The van der Waals surface area contributed by atoms with E-state index in [1.807, 2.05) is 0 Å². The number of fused-ring (bicyclic) bond motifs is 5. The molecule has 112 valence electrons. The number of hydrogen-bond acceptors (Lipinski definition) is 4. The van der Waals surface area contributed by atoms with E-state index < -0.39 is 0 Å². The maximum atomic E-state index is 12.7. The first-order valence-electron chi connectivity index (χ1n) is 7.47. The third-order valence-electron chi connectivity index (χ3n) is 5.16. The monoisotopic (exact) mass is 296 g/mol. The predicted molar refractivity (Wildman–Crippen MR) is 80.6 cm³/mol. The molecule has 2 fully saturated rings. The Balaban J connectivity index is 1.67. The van der Waals surface area contributed by atoms with Crippen molar-refractivity contribution >= 4 is 23.2 Å². The van der Waals surface area contributed by atoms with Gasteiger partial charge in [0.2, 0.25) is 11.8 Å². The molecular formula is C17H16N2O3. The second-order valence-electron chi connectivity index (χ2n) is 6.24. The van der Waals surface area contributed by atoms with Crippen LogP contribution in [0.5, 0.6) is 0 Å². The third-order valence-corrected chi connectivity index (χ3v) is 5.16. The van der Waals surface area contributed by atoms with Crippen LogP contribution in [0.3, 0.4) is 0 Å². The molecule has 1 aliphatic heterocycles. The highest BCUT2D eigenvalue weighted by Gasteiger charge is 2.59. The van der Waals surface area contributed by atoms with Gasteiger partial charge >= 0.3 is 0 Å². The Kier molecular flexibility index (Phi) is 2.73. The van der Waals surface area contributed by atoms with Crippen LogP contribution in [0.15, 0.2) is 41.6 Å². The van der Waals surface area contributed by atoms with Crippen molar-refractivity contribution in [2.45, 2.75) is 13.3 Å². The first-order chi connectivity index (χ1) is 10.6. The average molecular weight is 296 g/mol. The van der Waals surface area contributed by atoms with Crippen LogP contribution in [0.4, 0.5) is 5.69 Å². The van der Waals surface area contributed by atoms with E-state index in [9.17, 15) is 9.59 Å². The number of amides is 2. The summed E-state index contributed by atoms with van der Waals surface area (Å²) in [5.41, 5.74) is 1.84. The molecular weight excluding hydrogens is 280 g/mol. The van der Waals surface area contributed by atoms with Crippen LogP contribution in [0.25, 0.3) is 0 Å². The van der Waals surface area contributed by atoms with Crippen molar-refractivity contribution in [3.63, 3.8) is 0 Å².